The molecule has 0 saturated heterocycles. The summed E-state index contributed by atoms with van der Waals surface area (Å²) in [6, 6.07) is 10.4. The molecule has 0 aliphatic carbocycles. The fourth-order valence-electron chi connectivity index (χ4n) is 2.50. The van der Waals surface area contributed by atoms with Gasteiger partial charge in [-0.1, -0.05) is 11.6 Å². The smallest absolute Gasteiger partial charge is 0.256 e. The number of anilines is 1. The second-order valence-electron chi connectivity index (χ2n) is 5.04. The van der Waals surface area contributed by atoms with Crippen LogP contribution in [-0.4, -0.2) is 19.2 Å². The number of nitrogens with two attached hydrogens (primary N) is 1. The molecule has 5 nitrogen and oxygen atoms in total. The number of ether oxygens (including phenoxy) is 2. The molecule has 23 heavy (non-hydrogen) atoms. The molecule has 0 amide bonds. The number of pyridine rings is 1. The van der Waals surface area contributed by atoms with E-state index in [0.717, 1.165) is 5.39 Å². The fraction of sp³-hybridized carbons (Fsp3) is 0.118. The Morgan fingerprint density at radius 2 is 1.74 bits per heavy atom. The van der Waals surface area contributed by atoms with Gasteiger partial charge in [-0.25, -0.2) is 0 Å². The van der Waals surface area contributed by atoms with E-state index in [-0.39, 0.29) is 5.56 Å². The van der Waals surface area contributed by atoms with E-state index in [4.69, 9.17) is 26.8 Å². The lowest BCUT2D eigenvalue weighted by Gasteiger charge is -2.11. The molecule has 0 fully saturated rings. The van der Waals surface area contributed by atoms with Crippen LogP contribution in [0.1, 0.15) is 0 Å². The van der Waals surface area contributed by atoms with E-state index in [1.165, 1.54) is 7.11 Å². The number of hydrogen-bond acceptors (Lipinski definition) is 4. The van der Waals surface area contributed by atoms with Gasteiger partial charge in [0.1, 0.15) is 0 Å². The van der Waals surface area contributed by atoms with Gasteiger partial charge in [0.2, 0.25) is 0 Å². The Labute approximate surface area is 137 Å². The number of rotatable bonds is 3. The maximum absolute atomic E-state index is 12.4. The van der Waals surface area contributed by atoms with Gasteiger partial charge in [0, 0.05) is 16.3 Å². The third-order valence-electron chi connectivity index (χ3n) is 3.65. The average molecular weight is 331 g/mol. The van der Waals surface area contributed by atoms with Crippen LogP contribution in [0.4, 0.5) is 5.69 Å². The zero-order valence-electron chi connectivity index (χ0n) is 12.6. The lowest BCUT2D eigenvalue weighted by Crippen LogP contribution is -2.08. The predicted molar refractivity (Wildman–Crippen MR) is 92.5 cm³/mol. The molecule has 0 aliphatic rings. The summed E-state index contributed by atoms with van der Waals surface area (Å²) in [5.74, 6) is 1.05. The molecule has 6 heteroatoms. The fourth-order valence-corrected chi connectivity index (χ4v) is 2.67. The molecule has 2 aromatic carbocycles. The third-order valence-corrected chi connectivity index (χ3v) is 3.89. The van der Waals surface area contributed by atoms with Crippen LogP contribution in [0.5, 0.6) is 11.5 Å². The largest absolute Gasteiger partial charge is 0.493 e. The SMILES string of the molecule is COc1cc2cc(-c3cc(Cl)ccc3N)[nH]c(=O)c2cc1OC. The Morgan fingerprint density at radius 1 is 1.04 bits per heavy atom. The highest BCUT2D eigenvalue weighted by Crippen LogP contribution is 2.33. The van der Waals surface area contributed by atoms with Gasteiger partial charge in [-0.15, -0.1) is 0 Å². The summed E-state index contributed by atoms with van der Waals surface area (Å²) in [6.45, 7) is 0. The first-order chi connectivity index (χ1) is 11.0. The van der Waals surface area contributed by atoms with E-state index in [9.17, 15) is 4.79 Å². The van der Waals surface area contributed by atoms with Gasteiger partial charge in [0.25, 0.3) is 5.56 Å². The van der Waals surface area contributed by atoms with Crippen molar-refractivity contribution in [2.24, 2.45) is 0 Å². The zero-order chi connectivity index (χ0) is 16.6. The van der Waals surface area contributed by atoms with Gasteiger partial charge in [-0.2, -0.15) is 0 Å². The van der Waals surface area contributed by atoms with Crippen LogP contribution < -0.4 is 20.8 Å². The van der Waals surface area contributed by atoms with Crippen molar-refractivity contribution >= 4 is 28.1 Å². The highest BCUT2D eigenvalue weighted by atomic mass is 35.5. The Bertz CT molecular complexity index is 950. The van der Waals surface area contributed by atoms with Crippen LogP contribution in [0.25, 0.3) is 22.0 Å². The lowest BCUT2D eigenvalue weighted by atomic mass is 10.1. The van der Waals surface area contributed by atoms with Gasteiger partial charge in [-0.3, -0.25) is 4.79 Å². The van der Waals surface area contributed by atoms with Gasteiger partial charge < -0.3 is 20.2 Å². The summed E-state index contributed by atoms with van der Waals surface area (Å²) >= 11 is 6.03. The molecule has 118 valence electrons. The molecule has 0 atom stereocenters. The van der Waals surface area contributed by atoms with Crippen molar-refractivity contribution < 1.29 is 9.47 Å². The minimum atomic E-state index is -0.238. The minimum Gasteiger partial charge on any atom is -0.493 e. The number of aromatic amines is 1. The Hall–Kier alpha value is -2.66. The van der Waals surface area contributed by atoms with Crippen LogP contribution in [0.3, 0.4) is 0 Å². The number of fused-ring (bicyclic) bond motifs is 1. The van der Waals surface area contributed by atoms with Crippen LogP contribution in [-0.2, 0) is 0 Å². The first kappa shape index (κ1) is 15.2. The van der Waals surface area contributed by atoms with Gasteiger partial charge in [0.15, 0.2) is 11.5 Å². The number of halogens is 1. The van der Waals surface area contributed by atoms with E-state index in [1.807, 2.05) is 6.07 Å². The topological polar surface area (TPSA) is 77.3 Å². The highest BCUT2D eigenvalue weighted by Gasteiger charge is 2.12. The Balaban J connectivity index is 2.29. The normalized spacial score (nSPS) is 10.7. The number of nitrogen functional groups attached to an aromatic ring is 1. The van der Waals surface area contributed by atoms with Crippen molar-refractivity contribution in [1.29, 1.82) is 0 Å². The standard InChI is InChI=1S/C17H15ClN2O3/c1-22-15-6-9-5-14(12-7-10(18)3-4-13(12)19)20-17(21)11(9)8-16(15)23-2/h3-8H,19H2,1-2H3,(H,20,21). The number of H-pyrrole nitrogens is 1. The molecule has 1 aromatic heterocycles. The van der Waals surface area contributed by atoms with E-state index < -0.39 is 0 Å². The van der Waals surface area contributed by atoms with E-state index >= 15 is 0 Å². The molecule has 3 aromatic rings. The van der Waals surface area contributed by atoms with E-state index in [0.29, 0.717) is 38.9 Å². The first-order valence-electron chi connectivity index (χ1n) is 6.88. The second kappa shape index (κ2) is 5.85. The highest BCUT2D eigenvalue weighted by molar-refractivity contribution is 6.31. The van der Waals surface area contributed by atoms with Crippen molar-refractivity contribution in [2.75, 3.05) is 20.0 Å². The maximum atomic E-state index is 12.4. The number of methoxy groups -OCH3 is 2. The molecule has 3 N–H and O–H groups in total. The predicted octanol–water partition coefficient (Wildman–Crippen LogP) is 3.45. The minimum absolute atomic E-state index is 0.238. The van der Waals surface area contributed by atoms with Crippen molar-refractivity contribution in [3.05, 3.63) is 51.8 Å². The summed E-state index contributed by atoms with van der Waals surface area (Å²) in [6.07, 6.45) is 0. The van der Waals surface area contributed by atoms with Crippen molar-refractivity contribution in [1.82, 2.24) is 4.98 Å². The van der Waals surface area contributed by atoms with Crippen molar-refractivity contribution in [3.8, 4) is 22.8 Å². The van der Waals surface area contributed by atoms with Crippen LogP contribution in [0.2, 0.25) is 5.02 Å². The molecule has 1 heterocycles. The molecule has 3 rings (SSSR count). The summed E-state index contributed by atoms with van der Waals surface area (Å²) in [4.78, 5) is 15.2. The first-order valence-corrected chi connectivity index (χ1v) is 7.25. The zero-order valence-corrected chi connectivity index (χ0v) is 13.4. The molecule has 0 bridgehead atoms. The van der Waals surface area contributed by atoms with E-state index in [1.54, 1.807) is 37.4 Å². The van der Waals surface area contributed by atoms with Crippen LogP contribution >= 0.6 is 11.6 Å². The van der Waals surface area contributed by atoms with Gasteiger partial charge in [0.05, 0.1) is 25.3 Å². The number of nitrogens with one attached hydrogen (secondary N) is 1. The summed E-state index contributed by atoms with van der Waals surface area (Å²) < 4.78 is 10.5. The van der Waals surface area contributed by atoms with Crippen LogP contribution in [0.15, 0.2) is 41.2 Å². The van der Waals surface area contributed by atoms with Gasteiger partial charge >= 0.3 is 0 Å². The molecule has 0 radical (unpaired) electrons. The second-order valence-corrected chi connectivity index (χ2v) is 5.47. The number of benzene rings is 2. The Morgan fingerprint density at radius 3 is 2.43 bits per heavy atom. The molecule has 0 unspecified atom stereocenters. The Kier molecular flexibility index (Phi) is 3.88. The molecule has 0 saturated carbocycles. The summed E-state index contributed by atoms with van der Waals surface area (Å²) in [5.41, 5.74) is 7.55. The molecule has 0 aliphatic heterocycles. The summed E-state index contributed by atoms with van der Waals surface area (Å²) in [7, 11) is 3.08. The summed E-state index contributed by atoms with van der Waals surface area (Å²) in [5, 5.41) is 1.77. The quantitative estimate of drug-likeness (QED) is 0.721. The monoisotopic (exact) mass is 330 g/mol. The van der Waals surface area contributed by atoms with E-state index in [2.05, 4.69) is 4.98 Å². The molecule has 0 spiro atoms. The third kappa shape index (κ3) is 2.71. The number of aromatic nitrogens is 1. The maximum Gasteiger partial charge on any atom is 0.256 e. The van der Waals surface area contributed by atoms with Crippen molar-refractivity contribution in [2.45, 2.75) is 0 Å². The lowest BCUT2D eigenvalue weighted by molar-refractivity contribution is 0.356. The van der Waals surface area contributed by atoms with Crippen LogP contribution in [0, 0.1) is 0 Å². The molecular weight excluding hydrogens is 316 g/mol. The number of hydrogen-bond donors (Lipinski definition) is 2. The average Bonchev–Trinajstić information content (AvgIpc) is 2.55. The van der Waals surface area contributed by atoms with Crippen molar-refractivity contribution in [3.63, 3.8) is 0 Å². The van der Waals surface area contributed by atoms with Gasteiger partial charge in [-0.05, 0) is 41.8 Å². The molecular formula is C17H15ClN2O3.